The van der Waals surface area contributed by atoms with Crippen LogP contribution < -0.4 is 4.74 Å². The molecule has 0 spiro atoms. The third-order valence-electron chi connectivity index (χ3n) is 1.35. The topological polar surface area (TPSA) is 9.23 Å². The molecule has 0 fully saturated rings. The molecule has 0 atom stereocenters. The summed E-state index contributed by atoms with van der Waals surface area (Å²) in [5, 5.41) is 0. The van der Waals surface area contributed by atoms with E-state index >= 15 is 0 Å². The van der Waals surface area contributed by atoms with E-state index in [0.717, 1.165) is 0 Å². The Labute approximate surface area is 78.3 Å². The van der Waals surface area contributed by atoms with E-state index in [9.17, 15) is 17.6 Å². The summed E-state index contributed by atoms with van der Waals surface area (Å²) in [5.74, 6) is -7.70. The highest BCUT2D eigenvalue weighted by Gasteiger charge is 2.20. The van der Waals surface area contributed by atoms with Crippen molar-refractivity contribution in [2.45, 2.75) is 20.0 Å². The van der Waals surface area contributed by atoms with Gasteiger partial charge in [-0.3, -0.25) is 0 Å². The van der Waals surface area contributed by atoms with Gasteiger partial charge in [-0.2, -0.15) is 4.39 Å². The van der Waals surface area contributed by atoms with Crippen molar-refractivity contribution in [3.63, 3.8) is 0 Å². The predicted octanol–water partition coefficient (Wildman–Crippen LogP) is 2.83. The molecule has 0 saturated carbocycles. The molecule has 0 N–H and O–H groups in total. The number of hydrogen-bond acceptors (Lipinski definition) is 1. The molecule has 1 radical (unpaired) electrons. The van der Waals surface area contributed by atoms with Crippen molar-refractivity contribution >= 4 is 0 Å². The monoisotopic (exact) mass is 207 g/mol. The molecule has 1 rings (SSSR count). The fraction of sp³-hybridized carbons (Fsp3) is 0.333. The number of halogens is 4. The highest BCUT2D eigenvalue weighted by molar-refractivity contribution is 5.26. The largest absolute Gasteiger partial charge is 0.487 e. The second-order valence-electron chi connectivity index (χ2n) is 2.88. The van der Waals surface area contributed by atoms with Crippen LogP contribution in [0.15, 0.2) is 0 Å². The van der Waals surface area contributed by atoms with Crippen molar-refractivity contribution in [3.8, 4) is 5.75 Å². The van der Waals surface area contributed by atoms with Gasteiger partial charge in [0.1, 0.15) is 0 Å². The molecule has 0 unspecified atom stereocenters. The molecule has 0 aliphatic carbocycles. The molecule has 0 aliphatic heterocycles. The Balaban J connectivity index is 3.19. The van der Waals surface area contributed by atoms with Crippen LogP contribution in [0, 0.1) is 29.3 Å². The second kappa shape index (κ2) is 3.86. The van der Waals surface area contributed by atoms with E-state index in [1.807, 2.05) is 0 Å². The van der Waals surface area contributed by atoms with Crippen molar-refractivity contribution in [3.05, 3.63) is 29.3 Å². The highest BCUT2D eigenvalue weighted by Crippen LogP contribution is 2.24. The van der Waals surface area contributed by atoms with Crippen LogP contribution in [0.25, 0.3) is 0 Å². The van der Waals surface area contributed by atoms with Crippen LogP contribution in [0.4, 0.5) is 17.6 Å². The SMILES string of the molecule is CC(C)Oc1[c]c(F)c(F)c(F)c1F. The Morgan fingerprint density at radius 2 is 1.57 bits per heavy atom. The van der Waals surface area contributed by atoms with Crippen LogP contribution >= 0.6 is 0 Å². The third kappa shape index (κ3) is 1.97. The first-order valence-corrected chi connectivity index (χ1v) is 3.85. The van der Waals surface area contributed by atoms with Gasteiger partial charge in [-0.1, -0.05) is 0 Å². The summed E-state index contributed by atoms with van der Waals surface area (Å²) in [4.78, 5) is 0. The van der Waals surface area contributed by atoms with Gasteiger partial charge in [-0.25, -0.2) is 13.2 Å². The van der Waals surface area contributed by atoms with Gasteiger partial charge < -0.3 is 4.74 Å². The standard InChI is InChI=1S/C9H7F4O/c1-4(2)14-6-3-5(10)7(11)9(13)8(6)12/h4H,1-2H3. The summed E-state index contributed by atoms with van der Waals surface area (Å²) in [7, 11) is 0. The zero-order valence-electron chi connectivity index (χ0n) is 7.50. The predicted molar refractivity (Wildman–Crippen MR) is 40.9 cm³/mol. The van der Waals surface area contributed by atoms with E-state index in [1.54, 1.807) is 6.07 Å². The van der Waals surface area contributed by atoms with E-state index in [0.29, 0.717) is 0 Å². The summed E-state index contributed by atoms with van der Waals surface area (Å²) in [6.07, 6.45) is -0.481. The van der Waals surface area contributed by atoms with Gasteiger partial charge >= 0.3 is 0 Å². The summed E-state index contributed by atoms with van der Waals surface area (Å²) in [6.45, 7) is 3.07. The van der Waals surface area contributed by atoms with E-state index in [1.165, 1.54) is 13.8 Å². The van der Waals surface area contributed by atoms with Crippen LogP contribution in [-0.2, 0) is 0 Å². The van der Waals surface area contributed by atoms with E-state index in [2.05, 4.69) is 4.74 Å². The van der Waals surface area contributed by atoms with Crippen molar-refractivity contribution < 1.29 is 22.3 Å². The normalized spacial score (nSPS) is 10.8. The van der Waals surface area contributed by atoms with Crippen molar-refractivity contribution in [2.24, 2.45) is 0 Å². The molecule has 14 heavy (non-hydrogen) atoms. The Kier molecular flexibility index (Phi) is 2.98. The minimum atomic E-state index is -1.89. The highest BCUT2D eigenvalue weighted by atomic mass is 19.2. The number of ether oxygens (including phenoxy) is 1. The maximum atomic E-state index is 12.9. The number of benzene rings is 1. The van der Waals surface area contributed by atoms with Crippen molar-refractivity contribution in [1.82, 2.24) is 0 Å². The minimum Gasteiger partial charge on any atom is -0.487 e. The van der Waals surface area contributed by atoms with Crippen LogP contribution in [0.5, 0.6) is 5.75 Å². The van der Waals surface area contributed by atoms with Crippen LogP contribution in [-0.4, -0.2) is 6.10 Å². The molecular formula is C9H7F4O. The first kappa shape index (κ1) is 10.8. The lowest BCUT2D eigenvalue weighted by Crippen LogP contribution is -2.09. The lowest BCUT2D eigenvalue weighted by molar-refractivity contribution is 0.223. The fourth-order valence-corrected chi connectivity index (χ4v) is 0.819. The second-order valence-corrected chi connectivity index (χ2v) is 2.88. The molecule has 1 aromatic rings. The average Bonchev–Trinajstić information content (AvgIpc) is 2.10. The molecule has 77 valence electrons. The molecule has 1 nitrogen and oxygen atoms in total. The summed E-state index contributed by atoms with van der Waals surface area (Å²) in [6, 6.07) is 1.64. The summed E-state index contributed by atoms with van der Waals surface area (Å²) in [5.41, 5.74) is 0. The lowest BCUT2D eigenvalue weighted by Gasteiger charge is -2.10. The van der Waals surface area contributed by atoms with Crippen LogP contribution in [0.2, 0.25) is 0 Å². The molecule has 0 bridgehead atoms. The Morgan fingerprint density at radius 3 is 2.07 bits per heavy atom. The van der Waals surface area contributed by atoms with E-state index in [-0.39, 0.29) is 0 Å². The maximum Gasteiger partial charge on any atom is 0.204 e. The van der Waals surface area contributed by atoms with Gasteiger partial charge in [0.25, 0.3) is 0 Å². The van der Waals surface area contributed by atoms with Gasteiger partial charge in [0.2, 0.25) is 11.6 Å². The third-order valence-corrected chi connectivity index (χ3v) is 1.35. The molecule has 0 heterocycles. The first-order chi connectivity index (χ1) is 6.43. The van der Waals surface area contributed by atoms with Crippen molar-refractivity contribution in [2.75, 3.05) is 0 Å². The molecule has 0 saturated heterocycles. The molecular weight excluding hydrogens is 200 g/mol. The van der Waals surface area contributed by atoms with Gasteiger partial charge in [-0.15, -0.1) is 0 Å². The van der Waals surface area contributed by atoms with E-state index in [4.69, 9.17) is 0 Å². The molecule has 0 amide bonds. The Morgan fingerprint density at radius 1 is 1.00 bits per heavy atom. The maximum absolute atomic E-state index is 12.9. The van der Waals surface area contributed by atoms with Crippen LogP contribution in [0.3, 0.4) is 0 Å². The lowest BCUT2D eigenvalue weighted by atomic mass is 10.3. The zero-order chi connectivity index (χ0) is 10.9. The van der Waals surface area contributed by atoms with Crippen molar-refractivity contribution in [1.29, 1.82) is 0 Å². The molecule has 0 aromatic heterocycles. The quantitative estimate of drug-likeness (QED) is 0.411. The fourth-order valence-electron chi connectivity index (χ4n) is 0.819. The van der Waals surface area contributed by atoms with Crippen LogP contribution in [0.1, 0.15) is 13.8 Å². The van der Waals surface area contributed by atoms with Gasteiger partial charge in [-0.05, 0) is 13.8 Å². The van der Waals surface area contributed by atoms with Gasteiger partial charge in [0, 0.05) is 0 Å². The van der Waals surface area contributed by atoms with Gasteiger partial charge in [0.05, 0.1) is 12.2 Å². The van der Waals surface area contributed by atoms with E-state index < -0.39 is 35.1 Å². The number of hydrogen-bond donors (Lipinski definition) is 0. The Hall–Kier alpha value is -1.26. The molecule has 0 aliphatic rings. The molecule has 1 aromatic carbocycles. The first-order valence-electron chi connectivity index (χ1n) is 3.85. The minimum absolute atomic E-state index is 0.481. The number of rotatable bonds is 2. The Bertz CT molecular complexity index is 349. The van der Waals surface area contributed by atoms with Gasteiger partial charge in [0.15, 0.2) is 17.4 Å². The summed E-state index contributed by atoms with van der Waals surface area (Å²) < 4.78 is 55.1. The summed E-state index contributed by atoms with van der Waals surface area (Å²) >= 11 is 0. The smallest absolute Gasteiger partial charge is 0.204 e. The zero-order valence-corrected chi connectivity index (χ0v) is 7.50. The average molecular weight is 207 g/mol. The molecule has 5 heteroatoms.